The topological polar surface area (TPSA) is 12.0 Å². The fourth-order valence-corrected chi connectivity index (χ4v) is 1.74. The zero-order chi connectivity index (χ0) is 11.3. The molecule has 1 aromatic rings. The van der Waals surface area contributed by atoms with Crippen LogP contribution < -0.4 is 5.32 Å². The van der Waals surface area contributed by atoms with E-state index in [1.54, 1.807) is 12.1 Å². The zero-order valence-corrected chi connectivity index (χ0v) is 10.5. The Labute approximate surface area is 105 Å². The van der Waals surface area contributed by atoms with Crippen molar-refractivity contribution in [3.8, 4) is 0 Å². The highest BCUT2D eigenvalue weighted by Crippen LogP contribution is 2.32. The third-order valence-electron chi connectivity index (χ3n) is 1.91. The lowest BCUT2D eigenvalue weighted by molar-refractivity contribution is 0.891. The second-order valence-electron chi connectivity index (χ2n) is 3.10. The minimum atomic E-state index is 0.471. The van der Waals surface area contributed by atoms with E-state index in [-0.39, 0.29) is 0 Å². The summed E-state index contributed by atoms with van der Waals surface area (Å²) in [6, 6.07) is 3.38. The van der Waals surface area contributed by atoms with Gasteiger partial charge in [0.2, 0.25) is 0 Å². The molecule has 0 aliphatic rings. The molecule has 0 spiro atoms. The molecule has 0 saturated carbocycles. The van der Waals surface area contributed by atoms with Gasteiger partial charge in [-0.2, -0.15) is 0 Å². The van der Waals surface area contributed by atoms with Crippen molar-refractivity contribution in [2.45, 2.75) is 12.8 Å². The third kappa shape index (κ3) is 3.94. The molecule has 0 aliphatic carbocycles. The molecule has 0 aromatic heterocycles. The summed E-state index contributed by atoms with van der Waals surface area (Å²) < 4.78 is 0. The number of benzene rings is 1. The number of hydrogen-bond acceptors (Lipinski definition) is 1. The SMILES string of the molecule is C=CCCCNc1cc(Cl)c(Cl)cc1Cl. The van der Waals surface area contributed by atoms with E-state index >= 15 is 0 Å². The third-order valence-corrected chi connectivity index (χ3v) is 2.95. The van der Waals surface area contributed by atoms with Gasteiger partial charge in [-0.15, -0.1) is 6.58 Å². The summed E-state index contributed by atoms with van der Waals surface area (Å²) in [6.07, 6.45) is 3.88. The summed E-state index contributed by atoms with van der Waals surface area (Å²) in [5.41, 5.74) is 0.815. The Balaban J connectivity index is 2.61. The molecule has 0 heterocycles. The van der Waals surface area contributed by atoms with Crippen LogP contribution in [0.1, 0.15) is 12.8 Å². The number of unbranched alkanes of at least 4 members (excludes halogenated alkanes) is 1. The molecule has 0 aliphatic heterocycles. The normalized spacial score (nSPS) is 10.1. The molecule has 1 N–H and O–H groups in total. The molecule has 0 bridgehead atoms. The maximum atomic E-state index is 5.99. The molecule has 0 unspecified atom stereocenters. The molecule has 0 radical (unpaired) electrons. The number of hydrogen-bond donors (Lipinski definition) is 1. The minimum absolute atomic E-state index is 0.471. The van der Waals surface area contributed by atoms with Gasteiger partial charge in [0.25, 0.3) is 0 Å². The number of anilines is 1. The summed E-state index contributed by atoms with van der Waals surface area (Å²) in [5.74, 6) is 0. The molecule has 1 nitrogen and oxygen atoms in total. The van der Waals surface area contributed by atoms with E-state index in [2.05, 4.69) is 11.9 Å². The average Bonchev–Trinajstić information content (AvgIpc) is 2.20. The predicted molar refractivity (Wildman–Crippen MR) is 69.4 cm³/mol. The van der Waals surface area contributed by atoms with Gasteiger partial charge in [0.1, 0.15) is 0 Å². The van der Waals surface area contributed by atoms with Crippen molar-refractivity contribution in [2.75, 3.05) is 11.9 Å². The van der Waals surface area contributed by atoms with Crippen molar-refractivity contribution < 1.29 is 0 Å². The van der Waals surface area contributed by atoms with Crippen LogP contribution in [0.25, 0.3) is 0 Å². The highest BCUT2D eigenvalue weighted by Gasteiger charge is 2.04. The van der Waals surface area contributed by atoms with Gasteiger partial charge >= 0.3 is 0 Å². The lowest BCUT2D eigenvalue weighted by Gasteiger charge is -2.08. The van der Waals surface area contributed by atoms with E-state index in [9.17, 15) is 0 Å². The Bertz CT molecular complexity index is 350. The summed E-state index contributed by atoms with van der Waals surface area (Å²) in [7, 11) is 0. The van der Waals surface area contributed by atoms with E-state index < -0.39 is 0 Å². The monoisotopic (exact) mass is 263 g/mol. The first kappa shape index (κ1) is 12.7. The molecule has 82 valence electrons. The molecule has 0 atom stereocenters. The Kier molecular flexibility index (Phi) is 5.30. The Morgan fingerprint density at radius 2 is 1.80 bits per heavy atom. The number of nitrogens with one attached hydrogen (secondary N) is 1. The molecule has 0 fully saturated rings. The van der Waals surface area contributed by atoms with Gasteiger partial charge < -0.3 is 5.32 Å². The van der Waals surface area contributed by atoms with Crippen molar-refractivity contribution in [3.63, 3.8) is 0 Å². The lowest BCUT2D eigenvalue weighted by atomic mass is 10.2. The molecular formula is C11H12Cl3N. The van der Waals surface area contributed by atoms with E-state index in [1.165, 1.54) is 0 Å². The van der Waals surface area contributed by atoms with Gasteiger partial charge in [-0.25, -0.2) is 0 Å². The maximum Gasteiger partial charge on any atom is 0.0653 e. The number of rotatable bonds is 5. The van der Waals surface area contributed by atoms with Crippen molar-refractivity contribution in [3.05, 3.63) is 39.9 Å². The summed E-state index contributed by atoms with van der Waals surface area (Å²) in [4.78, 5) is 0. The second-order valence-corrected chi connectivity index (χ2v) is 4.33. The molecule has 4 heteroatoms. The average molecular weight is 265 g/mol. The van der Waals surface area contributed by atoms with Gasteiger partial charge in [-0.3, -0.25) is 0 Å². The van der Waals surface area contributed by atoms with Crippen LogP contribution in [-0.2, 0) is 0 Å². The van der Waals surface area contributed by atoms with Gasteiger partial charge in [0, 0.05) is 6.54 Å². The van der Waals surface area contributed by atoms with Gasteiger partial charge in [-0.1, -0.05) is 40.9 Å². The highest BCUT2D eigenvalue weighted by atomic mass is 35.5. The van der Waals surface area contributed by atoms with Crippen LogP contribution in [0.2, 0.25) is 15.1 Å². The van der Waals surface area contributed by atoms with Gasteiger partial charge in [-0.05, 0) is 25.0 Å². The predicted octanol–water partition coefficient (Wildman–Crippen LogP) is 5.02. The molecule has 1 rings (SSSR count). The van der Waals surface area contributed by atoms with Crippen molar-refractivity contribution >= 4 is 40.5 Å². The zero-order valence-electron chi connectivity index (χ0n) is 8.19. The summed E-state index contributed by atoms with van der Waals surface area (Å²) in [5, 5.41) is 4.76. The fraction of sp³-hybridized carbons (Fsp3) is 0.273. The minimum Gasteiger partial charge on any atom is -0.384 e. The molecule has 1 aromatic carbocycles. The van der Waals surface area contributed by atoms with Gasteiger partial charge in [0.05, 0.1) is 20.8 Å². The van der Waals surface area contributed by atoms with E-state index in [1.807, 2.05) is 6.08 Å². The van der Waals surface area contributed by atoms with Crippen molar-refractivity contribution in [1.82, 2.24) is 0 Å². The molecule has 0 amide bonds. The number of allylic oxidation sites excluding steroid dienone is 1. The standard InChI is InChI=1S/C11H12Cl3N/c1-2-3-4-5-15-11-7-9(13)8(12)6-10(11)14/h2,6-7,15H,1,3-5H2. The molecule has 15 heavy (non-hydrogen) atoms. The fourth-order valence-electron chi connectivity index (χ4n) is 1.13. The second kappa shape index (κ2) is 6.26. The molecular weight excluding hydrogens is 252 g/mol. The van der Waals surface area contributed by atoms with Gasteiger partial charge in [0.15, 0.2) is 0 Å². The van der Waals surface area contributed by atoms with Crippen molar-refractivity contribution in [1.29, 1.82) is 0 Å². The van der Waals surface area contributed by atoms with Crippen LogP contribution in [0.15, 0.2) is 24.8 Å². The van der Waals surface area contributed by atoms with E-state index in [0.717, 1.165) is 25.1 Å². The Morgan fingerprint density at radius 3 is 2.47 bits per heavy atom. The first-order chi connectivity index (χ1) is 7.15. The summed E-state index contributed by atoms with van der Waals surface area (Å²) in [6.45, 7) is 4.49. The van der Waals surface area contributed by atoms with Crippen LogP contribution in [0.4, 0.5) is 5.69 Å². The quantitative estimate of drug-likeness (QED) is 0.447. The Hall–Kier alpha value is -0.370. The van der Waals surface area contributed by atoms with Crippen LogP contribution in [0.3, 0.4) is 0 Å². The molecule has 0 saturated heterocycles. The first-order valence-corrected chi connectivity index (χ1v) is 5.78. The summed E-state index contributed by atoms with van der Waals surface area (Å²) >= 11 is 17.7. The van der Waals surface area contributed by atoms with E-state index in [0.29, 0.717) is 15.1 Å². The first-order valence-electron chi connectivity index (χ1n) is 4.64. The highest BCUT2D eigenvalue weighted by molar-refractivity contribution is 6.44. The van der Waals surface area contributed by atoms with Crippen molar-refractivity contribution in [2.24, 2.45) is 0 Å². The van der Waals surface area contributed by atoms with Crippen LogP contribution in [0.5, 0.6) is 0 Å². The maximum absolute atomic E-state index is 5.99. The number of halogens is 3. The lowest BCUT2D eigenvalue weighted by Crippen LogP contribution is -2.01. The van der Waals surface area contributed by atoms with E-state index in [4.69, 9.17) is 34.8 Å². The smallest absolute Gasteiger partial charge is 0.0653 e. The van der Waals surface area contributed by atoms with Crippen LogP contribution in [-0.4, -0.2) is 6.54 Å². The largest absolute Gasteiger partial charge is 0.384 e. The van der Waals surface area contributed by atoms with Crippen LogP contribution in [0, 0.1) is 0 Å². The Morgan fingerprint density at radius 1 is 1.13 bits per heavy atom. The van der Waals surface area contributed by atoms with Crippen LogP contribution >= 0.6 is 34.8 Å².